The van der Waals surface area contributed by atoms with Gasteiger partial charge in [-0.1, -0.05) is 47.6 Å². The standard InChI is InChI=1S/C21H42O6Si/c1-10-18-11-19(24-13-22-8)21(25-14-23-9)20(27-18)12-26-28(15(2)3,16(4)5)17(6)7/h10,15-21H,1,11-14H2,2-9H3/t18-,19+,20+,21-/m0/s1. The van der Waals surface area contributed by atoms with E-state index in [4.69, 9.17) is 28.1 Å². The van der Waals surface area contributed by atoms with Crippen molar-refractivity contribution in [3.63, 3.8) is 0 Å². The summed E-state index contributed by atoms with van der Waals surface area (Å²) < 4.78 is 35.2. The van der Waals surface area contributed by atoms with Crippen LogP contribution in [0.5, 0.6) is 0 Å². The highest BCUT2D eigenvalue weighted by Gasteiger charge is 2.47. The molecule has 6 nitrogen and oxygen atoms in total. The van der Waals surface area contributed by atoms with Crippen molar-refractivity contribution in [3.05, 3.63) is 12.7 Å². The molecule has 0 bridgehead atoms. The van der Waals surface area contributed by atoms with E-state index in [1.54, 1.807) is 14.2 Å². The number of hydrogen-bond acceptors (Lipinski definition) is 6. The maximum atomic E-state index is 6.78. The zero-order chi connectivity index (χ0) is 21.3. The van der Waals surface area contributed by atoms with Crippen molar-refractivity contribution in [2.24, 2.45) is 0 Å². The highest BCUT2D eigenvalue weighted by molar-refractivity contribution is 6.77. The van der Waals surface area contributed by atoms with Gasteiger partial charge in [0.05, 0.1) is 18.8 Å². The highest BCUT2D eigenvalue weighted by Crippen LogP contribution is 2.42. The van der Waals surface area contributed by atoms with Crippen molar-refractivity contribution >= 4 is 8.32 Å². The first-order valence-electron chi connectivity index (χ1n) is 10.4. The minimum atomic E-state index is -2.01. The van der Waals surface area contributed by atoms with Gasteiger partial charge in [0.2, 0.25) is 0 Å². The molecule has 0 unspecified atom stereocenters. The Bertz CT molecular complexity index is 421. The third-order valence-electron chi connectivity index (χ3n) is 5.79. The van der Waals surface area contributed by atoms with Gasteiger partial charge in [0.15, 0.2) is 8.32 Å². The molecule has 4 atom stereocenters. The van der Waals surface area contributed by atoms with Crippen molar-refractivity contribution in [2.45, 2.75) is 89.0 Å². The number of hydrogen-bond donors (Lipinski definition) is 0. The second kappa shape index (κ2) is 12.4. The number of ether oxygens (including phenoxy) is 5. The molecule has 1 fully saturated rings. The van der Waals surface area contributed by atoms with E-state index in [9.17, 15) is 0 Å². The summed E-state index contributed by atoms with van der Waals surface area (Å²) in [5.41, 5.74) is 1.51. The third-order valence-corrected chi connectivity index (χ3v) is 11.9. The number of methoxy groups -OCH3 is 2. The monoisotopic (exact) mass is 418 g/mol. The topological polar surface area (TPSA) is 55.4 Å². The molecule has 166 valence electrons. The van der Waals surface area contributed by atoms with Gasteiger partial charge in [0.1, 0.15) is 25.8 Å². The van der Waals surface area contributed by atoms with Crippen molar-refractivity contribution in [3.8, 4) is 0 Å². The lowest BCUT2D eigenvalue weighted by Gasteiger charge is -2.45. The van der Waals surface area contributed by atoms with Crippen LogP contribution in [-0.4, -0.2) is 67.1 Å². The van der Waals surface area contributed by atoms with Crippen LogP contribution in [0, 0.1) is 0 Å². The van der Waals surface area contributed by atoms with Gasteiger partial charge in [-0.05, 0) is 16.6 Å². The van der Waals surface area contributed by atoms with Gasteiger partial charge < -0.3 is 28.1 Å². The molecule has 1 aliphatic heterocycles. The van der Waals surface area contributed by atoms with E-state index >= 15 is 0 Å². The largest absolute Gasteiger partial charge is 0.413 e. The van der Waals surface area contributed by atoms with E-state index in [2.05, 4.69) is 48.1 Å². The van der Waals surface area contributed by atoms with Gasteiger partial charge in [0, 0.05) is 20.6 Å². The first-order chi connectivity index (χ1) is 13.2. The molecule has 1 heterocycles. The van der Waals surface area contributed by atoms with Crippen LogP contribution in [-0.2, 0) is 28.1 Å². The van der Waals surface area contributed by atoms with E-state index in [1.807, 2.05) is 6.08 Å². The molecule has 0 aromatic rings. The lowest BCUT2D eigenvalue weighted by molar-refractivity contribution is -0.235. The predicted octanol–water partition coefficient (Wildman–Crippen LogP) is 4.50. The molecule has 0 aliphatic carbocycles. The van der Waals surface area contributed by atoms with E-state index in [1.165, 1.54) is 0 Å². The summed E-state index contributed by atoms with van der Waals surface area (Å²) in [6.07, 6.45) is 1.67. The van der Waals surface area contributed by atoms with Crippen LogP contribution in [0.1, 0.15) is 48.0 Å². The van der Waals surface area contributed by atoms with E-state index in [0.29, 0.717) is 29.7 Å². The van der Waals surface area contributed by atoms with Gasteiger partial charge in [-0.3, -0.25) is 0 Å². The van der Waals surface area contributed by atoms with Crippen LogP contribution in [0.15, 0.2) is 12.7 Å². The second-order valence-electron chi connectivity index (χ2n) is 8.46. The van der Waals surface area contributed by atoms with Crippen LogP contribution >= 0.6 is 0 Å². The maximum absolute atomic E-state index is 6.78. The zero-order valence-electron chi connectivity index (χ0n) is 19.1. The maximum Gasteiger partial charge on any atom is 0.200 e. The van der Waals surface area contributed by atoms with Crippen LogP contribution < -0.4 is 0 Å². The van der Waals surface area contributed by atoms with Gasteiger partial charge in [0.25, 0.3) is 0 Å². The molecule has 1 aliphatic rings. The molecule has 1 rings (SSSR count). The van der Waals surface area contributed by atoms with Gasteiger partial charge in [-0.15, -0.1) is 6.58 Å². The molecule has 0 aromatic carbocycles. The molecule has 0 N–H and O–H groups in total. The molecule has 7 heteroatoms. The predicted molar refractivity (Wildman–Crippen MR) is 114 cm³/mol. The summed E-state index contributed by atoms with van der Waals surface area (Å²) in [6.45, 7) is 18.5. The Morgan fingerprint density at radius 2 is 1.50 bits per heavy atom. The molecule has 0 aromatic heterocycles. The lowest BCUT2D eigenvalue weighted by Crippen LogP contribution is -2.55. The number of rotatable bonds is 13. The second-order valence-corrected chi connectivity index (χ2v) is 13.9. The molecule has 0 saturated carbocycles. The lowest BCUT2D eigenvalue weighted by atomic mass is 9.97. The Balaban J connectivity index is 3.04. The normalized spacial score (nSPS) is 26.4. The van der Waals surface area contributed by atoms with Gasteiger partial charge in [-0.2, -0.15) is 0 Å². The fourth-order valence-electron chi connectivity index (χ4n) is 4.65. The minimum absolute atomic E-state index is 0.105. The molecule has 0 amide bonds. The Morgan fingerprint density at radius 3 is 1.96 bits per heavy atom. The van der Waals surface area contributed by atoms with Crippen molar-refractivity contribution in [1.82, 2.24) is 0 Å². The molecule has 0 radical (unpaired) electrons. The van der Waals surface area contributed by atoms with Crippen LogP contribution in [0.3, 0.4) is 0 Å². The molecule has 1 saturated heterocycles. The quantitative estimate of drug-likeness (QED) is 0.249. The summed E-state index contributed by atoms with van der Waals surface area (Å²) >= 11 is 0. The third kappa shape index (κ3) is 6.36. The van der Waals surface area contributed by atoms with Crippen molar-refractivity contribution < 1.29 is 28.1 Å². The Morgan fingerprint density at radius 1 is 0.964 bits per heavy atom. The molecule has 28 heavy (non-hydrogen) atoms. The first kappa shape index (κ1) is 25.8. The van der Waals surface area contributed by atoms with Crippen molar-refractivity contribution in [1.29, 1.82) is 0 Å². The Hall–Kier alpha value is -0.283. The minimum Gasteiger partial charge on any atom is -0.413 e. The van der Waals surface area contributed by atoms with Crippen LogP contribution in [0.25, 0.3) is 0 Å². The van der Waals surface area contributed by atoms with Crippen LogP contribution in [0.2, 0.25) is 16.6 Å². The Labute approximate surface area is 173 Å². The summed E-state index contributed by atoms with van der Waals surface area (Å²) in [7, 11) is 1.22. The van der Waals surface area contributed by atoms with E-state index in [0.717, 1.165) is 0 Å². The SMILES string of the molecule is C=C[C@H]1C[C@@H](OCOC)[C@H](OCOC)[C@@H](CO[Si](C(C)C)(C(C)C)C(C)C)O1. The van der Waals surface area contributed by atoms with Crippen molar-refractivity contribution in [2.75, 3.05) is 34.4 Å². The average Bonchev–Trinajstić information content (AvgIpc) is 2.64. The summed E-state index contributed by atoms with van der Waals surface area (Å²) in [4.78, 5) is 0. The fourth-order valence-corrected chi connectivity index (χ4v) is 10.1. The van der Waals surface area contributed by atoms with Gasteiger partial charge in [-0.25, -0.2) is 0 Å². The van der Waals surface area contributed by atoms with E-state index in [-0.39, 0.29) is 38.0 Å². The molecular weight excluding hydrogens is 376 g/mol. The average molecular weight is 419 g/mol. The summed E-state index contributed by atoms with van der Waals surface area (Å²) in [5, 5.41) is 0. The van der Waals surface area contributed by atoms with E-state index < -0.39 is 8.32 Å². The zero-order valence-corrected chi connectivity index (χ0v) is 20.1. The smallest absolute Gasteiger partial charge is 0.200 e. The van der Waals surface area contributed by atoms with Crippen LogP contribution in [0.4, 0.5) is 0 Å². The Kier molecular flexibility index (Phi) is 11.4. The molecular formula is C21H42O6Si. The summed E-state index contributed by atoms with van der Waals surface area (Å²) in [5.74, 6) is 0. The molecule has 0 spiro atoms. The van der Waals surface area contributed by atoms with Gasteiger partial charge >= 0.3 is 0 Å². The highest BCUT2D eigenvalue weighted by atomic mass is 28.4. The fraction of sp³-hybridized carbons (Fsp3) is 0.905. The first-order valence-corrected chi connectivity index (χ1v) is 12.5. The summed E-state index contributed by atoms with van der Waals surface area (Å²) in [6, 6.07) is 0.